The van der Waals surface area contributed by atoms with Gasteiger partial charge in [-0.1, -0.05) is 0 Å². The number of aromatic nitrogens is 2. The molecule has 0 saturated heterocycles. The molecule has 1 heterocycles. The lowest BCUT2D eigenvalue weighted by atomic mass is 10.4. The molecule has 76 valence electrons. The molecule has 0 aromatic carbocycles. The summed E-state index contributed by atoms with van der Waals surface area (Å²) in [6.07, 6.45) is 2.62. The number of primary amides is 1. The van der Waals surface area contributed by atoms with Crippen molar-refractivity contribution in [1.82, 2.24) is 9.97 Å². The number of carbonyl (C=O) groups excluding carboxylic acids is 1. The number of nitrogens with zero attached hydrogens (tertiary/aromatic N) is 2. The quantitative estimate of drug-likeness (QED) is 0.675. The van der Waals surface area contributed by atoms with Gasteiger partial charge in [0.1, 0.15) is 6.61 Å². The molecular weight excluding hydrogens is 184 g/mol. The molecule has 1 amide bonds. The Bertz CT molecular complexity index is 299. The Morgan fingerprint density at radius 2 is 2.21 bits per heavy atom. The van der Waals surface area contributed by atoms with Gasteiger partial charge in [-0.15, -0.1) is 0 Å². The van der Waals surface area contributed by atoms with Gasteiger partial charge in [-0.05, 0) is 12.5 Å². The average molecular weight is 196 g/mol. The molecule has 0 atom stereocenters. The first-order chi connectivity index (χ1) is 6.68. The number of nitrogens with two attached hydrogens (primary N) is 1. The van der Waals surface area contributed by atoms with Crippen LogP contribution in [0.5, 0.6) is 0 Å². The van der Waals surface area contributed by atoms with Crippen LogP contribution in [-0.2, 0) is 4.74 Å². The summed E-state index contributed by atoms with van der Waals surface area (Å²) >= 11 is 0. The minimum atomic E-state index is -0.781. The molecule has 1 aromatic heterocycles. The topological polar surface area (TPSA) is 90.1 Å². The number of nitrogens with one attached hydrogen (secondary N) is 1. The van der Waals surface area contributed by atoms with Crippen LogP contribution in [0.2, 0.25) is 0 Å². The summed E-state index contributed by atoms with van der Waals surface area (Å²) in [5.74, 6) is 0.503. The predicted octanol–water partition coefficient (Wildman–Crippen LogP) is 0.292. The van der Waals surface area contributed by atoms with Crippen LogP contribution < -0.4 is 11.1 Å². The zero-order valence-corrected chi connectivity index (χ0v) is 7.86. The summed E-state index contributed by atoms with van der Waals surface area (Å²) in [5, 5.41) is 2.87. The maximum Gasteiger partial charge on any atom is 0.404 e. The van der Waals surface area contributed by atoms with Crippen LogP contribution in [0.1, 0.15) is 5.56 Å². The van der Waals surface area contributed by atoms with Crippen LogP contribution in [0.15, 0.2) is 12.4 Å². The van der Waals surface area contributed by atoms with E-state index < -0.39 is 6.09 Å². The monoisotopic (exact) mass is 196 g/mol. The van der Waals surface area contributed by atoms with Crippen LogP contribution in [0, 0.1) is 6.92 Å². The molecule has 0 fully saturated rings. The highest BCUT2D eigenvalue weighted by atomic mass is 16.5. The molecule has 0 radical (unpaired) electrons. The second-order valence-corrected chi connectivity index (χ2v) is 2.68. The average Bonchev–Trinajstić information content (AvgIpc) is 2.15. The largest absolute Gasteiger partial charge is 0.448 e. The lowest BCUT2D eigenvalue weighted by Crippen LogP contribution is -2.18. The SMILES string of the molecule is Cc1cnc(NCCOC(N)=O)nc1. The fourth-order valence-corrected chi connectivity index (χ4v) is 0.798. The summed E-state index contributed by atoms with van der Waals surface area (Å²) in [6.45, 7) is 2.54. The van der Waals surface area contributed by atoms with Crippen LogP contribution in [0.25, 0.3) is 0 Å². The van der Waals surface area contributed by atoms with E-state index in [2.05, 4.69) is 20.0 Å². The minimum absolute atomic E-state index is 0.201. The third kappa shape index (κ3) is 3.70. The van der Waals surface area contributed by atoms with E-state index in [9.17, 15) is 4.79 Å². The van der Waals surface area contributed by atoms with Crippen molar-refractivity contribution >= 4 is 12.0 Å². The molecule has 6 heteroatoms. The van der Waals surface area contributed by atoms with Gasteiger partial charge in [0.2, 0.25) is 5.95 Å². The molecule has 0 unspecified atom stereocenters. The van der Waals surface area contributed by atoms with Crippen molar-refractivity contribution in [3.8, 4) is 0 Å². The number of hydrogen-bond acceptors (Lipinski definition) is 5. The third-order valence-corrected chi connectivity index (χ3v) is 1.41. The first kappa shape index (κ1) is 10.2. The number of hydrogen-bond donors (Lipinski definition) is 2. The Balaban J connectivity index is 2.25. The van der Waals surface area contributed by atoms with E-state index in [0.717, 1.165) is 5.56 Å². The lowest BCUT2D eigenvalue weighted by molar-refractivity contribution is 0.161. The van der Waals surface area contributed by atoms with Crippen LogP contribution >= 0.6 is 0 Å². The molecule has 0 aliphatic carbocycles. The lowest BCUT2D eigenvalue weighted by Gasteiger charge is -2.03. The Labute approximate surface area is 81.5 Å². The van der Waals surface area contributed by atoms with E-state index in [1.807, 2.05) is 6.92 Å². The molecular formula is C8H12N4O2. The summed E-state index contributed by atoms with van der Waals surface area (Å²) in [6, 6.07) is 0. The van der Waals surface area contributed by atoms with Gasteiger partial charge in [0.05, 0.1) is 6.54 Å². The Kier molecular flexibility index (Phi) is 3.66. The van der Waals surface area contributed by atoms with Gasteiger partial charge in [-0.2, -0.15) is 0 Å². The second-order valence-electron chi connectivity index (χ2n) is 2.68. The standard InChI is InChI=1S/C8H12N4O2/c1-6-4-11-8(12-5-6)10-2-3-14-7(9)13/h4-5H,2-3H2,1H3,(H2,9,13)(H,10,11,12). The van der Waals surface area contributed by atoms with Gasteiger partial charge in [0.15, 0.2) is 0 Å². The number of amides is 1. The van der Waals surface area contributed by atoms with E-state index in [4.69, 9.17) is 5.73 Å². The maximum atomic E-state index is 10.2. The second kappa shape index (κ2) is 5.00. The summed E-state index contributed by atoms with van der Waals surface area (Å²) < 4.78 is 4.51. The Morgan fingerprint density at radius 1 is 1.57 bits per heavy atom. The first-order valence-electron chi connectivity index (χ1n) is 4.13. The van der Waals surface area contributed by atoms with Gasteiger partial charge in [-0.25, -0.2) is 14.8 Å². The fraction of sp³-hybridized carbons (Fsp3) is 0.375. The van der Waals surface area contributed by atoms with Gasteiger partial charge >= 0.3 is 6.09 Å². The van der Waals surface area contributed by atoms with Crippen molar-refractivity contribution < 1.29 is 9.53 Å². The molecule has 6 nitrogen and oxygen atoms in total. The highest BCUT2D eigenvalue weighted by molar-refractivity contribution is 5.64. The van der Waals surface area contributed by atoms with Crippen LogP contribution in [0.4, 0.5) is 10.7 Å². The molecule has 14 heavy (non-hydrogen) atoms. The van der Waals surface area contributed by atoms with Gasteiger partial charge in [0.25, 0.3) is 0 Å². The molecule has 0 saturated carbocycles. The molecule has 3 N–H and O–H groups in total. The zero-order valence-electron chi connectivity index (χ0n) is 7.86. The van der Waals surface area contributed by atoms with Crippen molar-refractivity contribution in [3.05, 3.63) is 18.0 Å². The van der Waals surface area contributed by atoms with E-state index in [-0.39, 0.29) is 6.61 Å². The van der Waals surface area contributed by atoms with E-state index in [1.165, 1.54) is 0 Å². The van der Waals surface area contributed by atoms with Gasteiger partial charge in [-0.3, -0.25) is 0 Å². The van der Waals surface area contributed by atoms with E-state index in [0.29, 0.717) is 12.5 Å². The zero-order chi connectivity index (χ0) is 10.4. The highest BCUT2D eigenvalue weighted by Gasteiger charge is 1.95. The number of anilines is 1. The Hall–Kier alpha value is -1.85. The van der Waals surface area contributed by atoms with E-state index >= 15 is 0 Å². The van der Waals surface area contributed by atoms with Crippen LogP contribution in [-0.4, -0.2) is 29.2 Å². The summed E-state index contributed by atoms with van der Waals surface area (Å²) in [7, 11) is 0. The van der Waals surface area contributed by atoms with Crippen molar-refractivity contribution in [2.24, 2.45) is 5.73 Å². The highest BCUT2D eigenvalue weighted by Crippen LogP contribution is 1.97. The van der Waals surface area contributed by atoms with Gasteiger partial charge < -0.3 is 15.8 Å². The molecule has 1 rings (SSSR count). The van der Waals surface area contributed by atoms with Crippen molar-refractivity contribution in [2.75, 3.05) is 18.5 Å². The third-order valence-electron chi connectivity index (χ3n) is 1.41. The maximum absolute atomic E-state index is 10.2. The van der Waals surface area contributed by atoms with Crippen molar-refractivity contribution in [3.63, 3.8) is 0 Å². The van der Waals surface area contributed by atoms with E-state index in [1.54, 1.807) is 12.4 Å². The van der Waals surface area contributed by atoms with Crippen molar-refractivity contribution in [1.29, 1.82) is 0 Å². The predicted molar refractivity (Wildman–Crippen MR) is 50.8 cm³/mol. The van der Waals surface area contributed by atoms with Gasteiger partial charge in [0, 0.05) is 12.4 Å². The van der Waals surface area contributed by atoms with Crippen molar-refractivity contribution in [2.45, 2.75) is 6.92 Å². The molecule has 0 spiro atoms. The normalized spacial score (nSPS) is 9.50. The fourth-order valence-electron chi connectivity index (χ4n) is 0.798. The number of ether oxygens (including phenoxy) is 1. The Morgan fingerprint density at radius 3 is 2.79 bits per heavy atom. The number of rotatable bonds is 4. The summed E-state index contributed by atoms with van der Waals surface area (Å²) in [4.78, 5) is 18.2. The number of carbonyl (C=O) groups is 1. The van der Waals surface area contributed by atoms with Crippen LogP contribution in [0.3, 0.4) is 0 Å². The molecule has 0 aliphatic rings. The smallest absolute Gasteiger partial charge is 0.404 e. The molecule has 0 bridgehead atoms. The first-order valence-corrected chi connectivity index (χ1v) is 4.13. The minimum Gasteiger partial charge on any atom is -0.448 e. The summed E-state index contributed by atoms with van der Waals surface area (Å²) in [5.41, 5.74) is 5.76. The number of aryl methyl sites for hydroxylation is 1. The molecule has 0 aliphatic heterocycles. The molecule has 1 aromatic rings.